The number of fused-ring (bicyclic) bond motifs is 2. The molecular weight excluding hydrogens is 518 g/mol. The molecular formula is C15H16F6O10S2. The Labute approximate surface area is 182 Å². The number of hydrogen-bond acceptors (Lipinski definition) is 8. The smallest absolute Gasteiger partial charge is 0.403 e. The Morgan fingerprint density at radius 1 is 0.818 bits per heavy atom. The molecule has 0 aromatic rings. The fraction of sp³-hybridized carbons (Fsp3) is 0.733. The molecule has 2 bridgehead atoms. The number of carbonyl (C=O) groups excluding carboxylic acids is 2. The molecule has 1 saturated carbocycles. The van der Waals surface area contributed by atoms with Crippen LogP contribution >= 0.6 is 0 Å². The number of halogens is 6. The molecule has 2 N–H and O–H groups in total. The first-order chi connectivity index (χ1) is 14.8. The van der Waals surface area contributed by atoms with E-state index >= 15 is 0 Å². The van der Waals surface area contributed by atoms with E-state index in [1.165, 1.54) is 12.2 Å². The van der Waals surface area contributed by atoms with E-state index in [4.69, 9.17) is 9.11 Å². The minimum absolute atomic E-state index is 0.0833. The second-order valence-corrected chi connectivity index (χ2v) is 10.3. The zero-order valence-corrected chi connectivity index (χ0v) is 17.6. The summed E-state index contributed by atoms with van der Waals surface area (Å²) >= 11 is 0. The van der Waals surface area contributed by atoms with Crippen LogP contribution in [0.5, 0.6) is 0 Å². The van der Waals surface area contributed by atoms with Crippen molar-refractivity contribution in [2.75, 3.05) is 13.2 Å². The second-order valence-electron chi connectivity index (χ2n) is 7.27. The normalized spacial score (nSPS) is 27.3. The van der Waals surface area contributed by atoms with Crippen LogP contribution in [0.15, 0.2) is 12.2 Å². The Morgan fingerprint density at radius 3 is 1.39 bits per heavy atom. The molecule has 6 atom stereocenters. The van der Waals surface area contributed by atoms with Gasteiger partial charge in [0.25, 0.3) is 0 Å². The number of rotatable bonds is 10. The van der Waals surface area contributed by atoms with E-state index in [1.54, 1.807) is 0 Å². The summed E-state index contributed by atoms with van der Waals surface area (Å²) in [5, 5.41) is -10.6. The van der Waals surface area contributed by atoms with Gasteiger partial charge >= 0.3 is 42.7 Å². The molecule has 0 aromatic heterocycles. The van der Waals surface area contributed by atoms with E-state index in [0.717, 1.165) is 0 Å². The van der Waals surface area contributed by atoms with E-state index < -0.39 is 91.9 Å². The lowest BCUT2D eigenvalue weighted by Gasteiger charge is -2.26. The third-order valence-corrected chi connectivity index (χ3v) is 7.05. The highest BCUT2D eigenvalue weighted by molar-refractivity contribution is 7.87. The van der Waals surface area contributed by atoms with Crippen molar-refractivity contribution in [3.8, 4) is 0 Å². The standard InChI is InChI=1S/C15H16F6O10S2/c16-8(14(18,19)32(24,25)26)4-30-12(22)10-6-1-2-7(3-6)11(10)13(23)31-5-9(17)15(20,21)33(27,28)29/h1-2,6-11H,3-5H2,(H,24,25,26)(H,27,28,29). The minimum atomic E-state index is -6.18. The maximum absolute atomic E-state index is 13.5. The summed E-state index contributed by atoms with van der Waals surface area (Å²) in [5.74, 6) is -7.55. The van der Waals surface area contributed by atoms with Crippen LogP contribution in [-0.2, 0) is 39.3 Å². The highest BCUT2D eigenvalue weighted by Crippen LogP contribution is 2.49. The van der Waals surface area contributed by atoms with Crippen molar-refractivity contribution in [2.45, 2.75) is 29.3 Å². The van der Waals surface area contributed by atoms with Gasteiger partial charge in [-0.05, 0) is 18.3 Å². The summed E-state index contributed by atoms with van der Waals surface area (Å²) in [6, 6.07) is 0. The highest BCUT2D eigenvalue weighted by atomic mass is 32.2. The van der Waals surface area contributed by atoms with Crippen molar-refractivity contribution < 1.29 is 71.3 Å². The molecule has 2 aliphatic carbocycles. The molecule has 18 heteroatoms. The van der Waals surface area contributed by atoms with Gasteiger partial charge in [0.15, 0.2) is 0 Å². The number of esters is 2. The Morgan fingerprint density at radius 2 is 1.12 bits per heavy atom. The number of hydrogen-bond donors (Lipinski definition) is 2. The molecule has 0 spiro atoms. The molecule has 0 saturated heterocycles. The quantitative estimate of drug-likeness (QED) is 0.180. The summed E-state index contributed by atoms with van der Waals surface area (Å²) in [4.78, 5) is 24.5. The first kappa shape index (κ1) is 27.3. The van der Waals surface area contributed by atoms with E-state index in [9.17, 15) is 52.8 Å². The number of ether oxygens (including phenoxy) is 2. The minimum Gasteiger partial charge on any atom is -0.462 e. The molecule has 2 aliphatic rings. The fourth-order valence-corrected chi connectivity index (χ4v) is 4.27. The predicted molar refractivity (Wildman–Crippen MR) is 92.4 cm³/mol. The average molecular weight is 534 g/mol. The molecule has 0 aliphatic heterocycles. The van der Waals surface area contributed by atoms with Crippen LogP contribution in [0.25, 0.3) is 0 Å². The van der Waals surface area contributed by atoms with E-state index in [1.807, 2.05) is 0 Å². The van der Waals surface area contributed by atoms with E-state index in [-0.39, 0.29) is 6.42 Å². The second kappa shape index (κ2) is 9.03. The van der Waals surface area contributed by atoms with Gasteiger partial charge in [0, 0.05) is 0 Å². The fourth-order valence-electron chi connectivity index (χ4n) is 3.49. The molecule has 190 valence electrons. The maximum atomic E-state index is 13.5. The van der Waals surface area contributed by atoms with Gasteiger partial charge < -0.3 is 9.47 Å². The zero-order chi connectivity index (χ0) is 25.6. The summed E-state index contributed by atoms with van der Waals surface area (Å²) in [7, 11) is -12.4. The van der Waals surface area contributed by atoms with Gasteiger partial charge in [0.1, 0.15) is 13.2 Å². The van der Waals surface area contributed by atoms with Gasteiger partial charge in [-0.15, -0.1) is 0 Å². The Kier molecular flexibility index (Phi) is 7.48. The number of carbonyl (C=O) groups is 2. The monoisotopic (exact) mass is 534 g/mol. The Bertz CT molecular complexity index is 948. The molecule has 0 heterocycles. The summed E-state index contributed by atoms with van der Waals surface area (Å²) in [6.45, 7) is -3.67. The third-order valence-electron chi connectivity index (χ3n) is 5.16. The lowest BCUT2D eigenvalue weighted by Crippen LogP contribution is -2.44. The van der Waals surface area contributed by atoms with Crippen molar-refractivity contribution in [3.05, 3.63) is 12.2 Å². The van der Waals surface area contributed by atoms with Crippen LogP contribution in [0.2, 0.25) is 0 Å². The number of alkyl halides is 6. The average Bonchev–Trinajstić information content (AvgIpc) is 3.29. The Balaban J connectivity index is 2.07. The lowest BCUT2D eigenvalue weighted by atomic mass is 9.83. The van der Waals surface area contributed by atoms with Crippen molar-refractivity contribution in [3.63, 3.8) is 0 Å². The molecule has 33 heavy (non-hydrogen) atoms. The first-order valence-corrected chi connectivity index (χ1v) is 11.7. The molecule has 0 amide bonds. The number of allylic oxidation sites excluding steroid dienone is 2. The van der Waals surface area contributed by atoms with Crippen LogP contribution in [0.4, 0.5) is 26.3 Å². The molecule has 0 radical (unpaired) electrons. The molecule has 2 rings (SSSR count). The summed E-state index contributed by atoms with van der Waals surface area (Å²) in [5.41, 5.74) is 0. The van der Waals surface area contributed by atoms with E-state index in [2.05, 4.69) is 9.47 Å². The predicted octanol–water partition coefficient (Wildman–Crippen LogP) is 1.15. The van der Waals surface area contributed by atoms with Gasteiger partial charge in [-0.25, -0.2) is 8.78 Å². The third kappa shape index (κ3) is 5.27. The molecule has 1 fully saturated rings. The topological polar surface area (TPSA) is 161 Å². The zero-order valence-electron chi connectivity index (χ0n) is 16.0. The van der Waals surface area contributed by atoms with Gasteiger partial charge in [-0.3, -0.25) is 18.7 Å². The van der Waals surface area contributed by atoms with Crippen LogP contribution in [-0.4, -0.2) is 73.9 Å². The van der Waals surface area contributed by atoms with Crippen LogP contribution in [0, 0.1) is 23.7 Å². The molecule has 6 unspecified atom stereocenters. The van der Waals surface area contributed by atoms with Crippen molar-refractivity contribution in [2.24, 2.45) is 23.7 Å². The van der Waals surface area contributed by atoms with Gasteiger partial charge in [0.05, 0.1) is 11.8 Å². The van der Waals surface area contributed by atoms with Crippen molar-refractivity contribution in [1.29, 1.82) is 0 Å². The van der Waals surface area contributed by atoms with Crippen molar-refractivity contribution in [1.82, 2.24) is 0 Å². The van der Waals surface area contributed by atoms with Gasteiger partial charge in [0.2, 0.25) is 12.3 Å². The molecule has 10 nitrogen and oxygen atoms in total. The van der Waals surface area contributed by atoms with Gasteiger partial charge in [-0.2, -0.15) is 34.4 Å². The lowest BCUT2D eigenvalue weighted by molar-refractivity contribution is -0.166. The SMILES string of the molecule is O=C(OCC(F)C(F)(F)S(=O)(=O)O)C1C2C=CC(C2)C1C(=O)OCC(F)C(F)(F)S(=O)(=O)O. The highest BCUT2D eigenvalue weighted by Gasteiger charge is 2.57. The van der Waals surface area contributed by atoms with Crippen LogP contribution in [0.1, 0.15) is 6.42 Å². The van der Waals surface area contributed by atoms with Crippen molar-refractivity contribution >= 4 is 32.2 Å². The maximum Gasteiger partial charge on any atom is 0.403 e. The molecule has 0 aromatic carbocycles. The Hall–Kier alpha value is -1.92. The van der Waals surface area contributed by atoms with E-state index in [0.29, 0.717) is 0 Å². The van der Waals surface area contributed by atoms with Gasteiger partial charge in [-0.1, -0.05) is 12.2 Å². The first-order valence-electron chi connectivity index (χ1n) is 8.81. The van der Waals surface area contributed by atoms with Crippen LogP contribution in [0.3, 0.4) is 0 Å². The summed E-state index contributed by atoms with van der Waals surface area (Å²) in [6.07, 6.45) is -4.45. The summed E-state index contributed by atoms with van der Waals surface area (Å²) < 4.78 is 147. The van der Waals surface area contributed by atoms with Crippen LogP contribution < -0.4 is 0 Å². The largest absolute Gasteiger partial charge is 0.462 e.